The molecule has 1 amide bonds. The molecular formula is C22H34N4O4. The van der Waals surface area contributed by atoms with Gasteiger partial charge >= 0.3 is 0 Å². The second kappa shape index (κ2) is 11.1. The molecule has 0 aromatic heterocycles. The normalized spacial score (nSPS) is 19.4. The van der Waals surface area contributed by atoms with Crippen LogP contribution in [0.25, 0.3) is 0 Å². The van der Waals surface area contributed by atoms with Crippen molar-refractivity contribution in [2.24, 2.45) is 10.9 Å². The molecule has 2 saturated heterocycles. The number of carbonyl (C=O) groups is 1. The van der Waals surface area contributed by atoms with Crippen LogP contribution in [0, 0.1) is 5.92 Å². The van der Waals surface area contributed by atoms with Crippen molar-refractivity contribution < 1.29 is 19.0 Å². The van der Waals surface area contributed by atoms with Gasteiger partial charge in [-0.1, -0.05) is 6.07 Å². The molecular weight excluding hydrogens is 384 g/mol. The lowest BCUT2D eigenvalue weighted by Crippen LogP contribution is -2.50. The summed E-state index contributed by atoms with van der Waals surface area (Å²) in [6.07, 6.45) is 1.67. The number of methoxy groups -OCH3 is 1. The first-order chi connectivity index (χ1) is 14.6. The molecule has 8 heteroatoms. The summed E-state index contributed by atoms with van der Waals surface area (Å²) in [4.78, 5) is 21.3. The molecule has 2 aliphatic heterocycles. The van der Waals surface area contributed by atoms with Crippen molar-refractivity contribution in [3.63, 3.8) is 0 Å². The molecule has 1 aromatic rings. The van der Waals surface area contributed by atoms with Crippen LogP contribution in [0.5, 0.6) is 11.5 Å². The van der Waals surface area contributed by atoms with E-state index in [1.54, 1.807) is 14.2 Å². The van der Waals surface area contributed by atoms with Crippen molar-refractivity contribution in [3.8, 4) is 11.5 Å². The van der Waals surface area contributed by atoms with Crippen LogP contribution >= 0.6 is 0 Å². The maximum Gasteiger partial charge on any atom is 0.225 e. The van der Waals surface area contributed by atoms with E-state index in [1.165, 1.54) is 0 Å². The van der Waals surface area contributed by atoms with Crippen molar-refractivity contribution in [2.75, 3.05) is 60.1 Å². The number of nitrogens with one attached hydrogen (secondary N) is 1. The number of ether oxygens (including phenoxy) is 3. The van der Waals surface area contributed by atoms with Crippen LogP contribution in [0.1, 0.15) is 19.8 Å². The van der Waals surface area contributed by atoms with E-state index in [9.17, 15) is 4.79 Å². The second-order valence-electron chi connectivity index (χ2n) is 7.73. The highest BCUT2D eigenvalue weighted by atomic mass is 16.5. The van der Waals surface area contributed by atoms with E-state index in [4.69, 9.17) is 14.2 Å². The Morgan fingerprint density at radius 2 is 1.90 bits per heavy atom. The van der Waals surface area contributed by atoms with Gasteiger partial charge in [0.05, 0.1) is 26.9 Å². The monoisotopic (exact) mass is 418 g/mol. The molecule has 0 spiro atoms. The van der Waals surface area contributed by atoms with E-state index in [0.717, 1.165) is 43.4 Å². The van der Waals surface area contributed by atoms with Gasteiger partial charge in [0.1, 0.15) is 17.6 Å². The van der Waals surface area contributed by atoms with Gasteiger partial charge in [-0.15, -0.1) is 0 Å². The van der Waals surface area contributed by atoms with Crippen molar-refractivity contribution in [2.45, 2.75) is 25.9 Å². The van der Waals surface area contributed by atoms with E-state index < -0.39 is 0 Å². The minimum Gasteiger partial charge on any atom is -0.497 e. The fraction of sp³-hybridized carbons (Fsp3) is 0.636. The number of aliphatic imine (C=N–C) groups is 1. The summed E-state index contributed by atoms with van der Waals surface area (Å²) >= 11 is 0. The Labute approximate surface area is 179 Å². The second-order valence-corrected chi connectivity index (χ2v) is 7.73. The van der Waals surface area contributed by atoms with Crippen LogP contribution in [0.2, 0.25) is 0 Å². The Morgan fingerprint density at radius 3 is 2.57 bits per heavy atom. The number of morpholine rings is 1. The van der Waals surface area contributed by atoms with Gasteiger partial charge in [0.25, 0.3) is 0 Å². The molecule has 1 aromatic carbocycles. The zero-order chi connectivity index (χ0) is 21.3. The summed E-state index contributed by atoms with van der Waals surface area (Å²) in [6, 6.07) is 7.60. The molecule has 0 aliphatic carbocycles. The van der Waals surface area contributed by atoms with Crippen molar-refractivity contribution in [1.82, 2.24) is 15.1 Å². The number of hydrogen-bond acceptors (Lipinski definition) is 5. The molecule has 1 unspecified atom stereocenters. The lowest BCUT2D eigenvalue weighted by Gasteiger charge is -2.37. The number of nitrogens with zero attached hydrogens (tertiary/aromatic N) is 3. The van der Waals surface area contributed by atoms with Gasteiger partial charge in [-0.05, 0) is 31.9 Å². The summed E-state index contributed by atoms with van der Waals surface area (Å²) < 4.78 is 16.6. The molecule has 2 heterocycles. The highest BCUT2D eigenvalue weighted by Crippen LogP contribution is 2.21. The van der Waals surface area contributed by atoms with Gasteiger partial charge in [0.2, 0.25) is 5.91 Å². The Bertz CT molecular complexity index is 713. The highest BCUT2D eigenvalue weighted by molar-refractivity contribution is 5.81. The van der Waals surface area contributed by atoms with Gasteiger partial charge < -0.3 is 29.3 Å². The Kier molecular flexibility index (Phi) is 8.19. The Balaban J connectivity index is 1.43. The van der Waals surface area contributed by atoms with E-state index >= 15 is 0 Å². The zero-order valence-electron chi connectivity index (χ0n) is 18.3. The SMILES string of the molecule is CN=C(NCC(C)Oc1cccc(OC)c1)N1CCC(C(=O)N2CCOCC2)CC1. The molecule has 0 saturated carbocycles. The molecule has 0 radical (unpaired) electrons. The molecule has 0 bridgehead atoms. The largest absolute Gasteiger partial charge is 0.497 e. The van der Waals surface area contributed by atoms with Crippen molar-refractivity contribution in [3.05, 3.63) is 24.3 Å². The number of amides is 1. The predicted molar refractivity (Wildman–Crippen MR) is 116 cm³/mol. The van der Waals surface area contributed by atoms with E-state index in [0.29, 0.717) is 32.8 Å². The van der Waals surface area contributed by atoms with Gasteiger partial charge in [-0.2, -0.15) is 0 Å². The summed E-state index contributed by atoms with van der Waals surface area (Å²) in [5.41, 5.74) is 0. The van der Waals surface area contributed by atoms with E-state index in [1.807, 2.05) is 36.1 Å². The fourth-order valence-electron chi connectivity index (χ4n) is 3.90. The first kappa shape index (κ1) is 22.2. The lowest BCUT2D eigenvalue weighted by atomic mass is 9.95. The number of likely N-dealkylation sites (tertiary alicyclic amines) is 1. The smallest absolute Gasteiger partial charge is 0.225 e. The summed E-state index contributed by atoms with van der Waals surface area (Å²) in [6.45, 7) is 7.04. The third kappa shape index (κ3) is 6.01. The summed E-state index contributed by atoms with van der Waals surface area (Å²) in [5.74, 6) is 2.79. The number of benzene rings is 1. The topological polar surface area (TPSA) is 75.6 Å². The average molecular weight is 419 g/mol. The van der Waals surface area contributed by atoms with Crippen LogP contribution in [0.4, 0.5) is 0 Å². The predicted octanol–water partition coefficient (Wildman–Crippen LogP) is 1.61. The first-order valence-corrected chi connectivity index (χ1v) is 10.7. The minimum absolute atomic E-state index is 0.0331. The standard InChI is InChI=1S/C22H34N4O4/c1-17(30-20-6-4-5-19(15-20)28-3)16-24-22(23-2)26-9-7-18(8-10-26)21(27)25-11-13-29-14-12-25/h4-6,15,17-18H,7-14,16H2,1-3H3,(H,23,24). The van der Waals surface area contributed by atoms with Crippen LogP contribution in [0.15, 0.2) is 29.3 Å². The average Bonchev–Trinajstić information content (AvgIpc) is 2.80. The number of guanidine groups is 1. The number of carbonyl (C=O) groups excluding carboxylic acids is 1. The molecule has 1 atom stereocenters. The summed E-state index contributed by atoms with van der Waals surface area (Å²) in [7, 11) is 3.44. The molecule has 2 aliphatic rings. The maximum absolute atomic E-state index is 12.7. The molecule has 8 nitrogen and oxygen atoms in total. The number of hydrogen-bond donors (Lipinski definition) is 1. The van der Waals surface area contributed by atoms with Crippen LogP contribution in [0.3, 0.4) is 0 Å². The lowest BCUT2D eigenvalue weighted by molar-refractivity contribution is -0.140. The first-order valence-electron chi connectivity index (χ1n) is 10.7. The quantitative estimate of drug-likeness (QED) is 0.559. The molecule has 166 valence electrons. The highest BCUT2D eigenvalue weighted by Gasteiger charge is 2.30. The maximum atomic E-state index is 12.7. The van der Waals surface area contributed by atoms with Gasteiger partial charge in [0, 0.05) is 45.2 Å². The van der Waals surface area contributed by atoms with Crippen molar-refractivity contribution in [1.29, 1.82) is 0 Å². The number of piperidine rings is 1. The third-order valence-electron chi connectivity index (χ3n) is 5.60. The van der Waals surface area contributed by atoms with Crippen LogP contribution < -0.4 is 14.8 Å². The van der Waals surface area contributed by atoms with Gasteiger partial charge in [-0.25, -0.2) is 0 Å². The zero-order valence-corrected chi connectivity index (χ0v) is 18.3. The number of rotatable bonds is 6. The minimum atomic E-state index is -0.0331. The van der Waals surface area contributed by atoms with Crippen molar-refractivity contribution >= 4 is 11.9 Å². The van der Waals surface area contributed by atoms with E-state index in [-0.39, 0.29) is 17.9 Å². The Morgan fingerprint density at radius 1 is 1.20 bits per heavy atom. The van der Waals surface area contributed by atoms with Crippen LogP contribution in [-0.2, 0) is 9.53 Å². The van der Waals surface area contributed by atoms with Gasteiger partial charge in [0.15, 0.2) is 5.96 Å². The van der Waals surface area contributed by atoms with Gasteiger partial charge in [-0.3, -0.25) is 9.79 Å². The summed E-state index contributed by atoms with van der Waals surface area (Å²) in [5, 5.41) is 3.40. The Hall–Kier alpha value is -2.48. The molecule has 30 heavy (non-hydrogen) atoms. The molecule has 3 rings (SSSR count). The van der Waals surface area contributed by atoms with Crippen LogP contribution in [-0.4, -0.2) is 87.9 Å². The molecule has 2 fully saturated rings. The fourth-order valence-corrected chi connectivity index (χ4v) is 3.90. The molecule has 1 N–H and O–H groups in total. The third-order valence-corrected chi connectivity index (χ3v) is 5.60. The van der Waals surface area contributed by atoms with E-state index in [2.05, 4.69) is 15.2 Å².